The Hall–Kier alpha value is -1.32. The summed E-state index contributed by atoms with van der Waals surface area (Å²) >= 11 is 0. The number of carbonyl (C=O) groups excluding carboxylic acids is 1. The largest absolute Gasteiger partial charge is 0.361 e. The molecular weight excluding hydrogens is 276 g/mol. The number of nitrogens with zero attached hydrogens (tertiary/aromatic N) is 1. The van der Waals surface area contributed by atoms with E-state index in [2.05, 4.69) is 17.4 Å². The first kappa shape index (κ1) is 14.3. The van der Waals surface area contributed by atoms with Crippen LogP contribution >= 0.6 is 0 Å². The molecule has 5 rings (SSSR count). The zero-order valence-electron chi connectivity index (χ0n) is 13.8. The molecule has 1 N–H and O–H groups in total. The van der Waals surface area contributed by atoms with E-state index in [1.807, 2.05) is 13.8 Å². The van der Waals surface area contributed by atoms with Crippen LogP contribution in [-0.4, -0.2) is 17.1 Å². The molecule has 4 heteroatoms. The van der Waals surface area contributed by atoms with Crippen LogP contribution in [0.4, 0.5) is 0 Å². The van der Waals surface area contributed by atoms with Gasteiger partial charge in [0.25, 0.3) is 5.91 Å². The average molecular weight is 302 g/mol. The van der Waals surface area contributed by atoms with Crippen molar-refractivity contribution in [1.82, 2.24) is 10.5 Å². The predicted octanol–water partition coefficient (Wildman–Crippen LogP) is 3.63. The lowest BCUT2D eigenvalue weighted by atomic mass is 9.48. The zero-order valence-corrected chi connectivity index (χ0v) is 13.8. The molecule has 4 nitrogen and oxygen atoms in total. The first-order valence-corrected chi connectivity index (χ1v) is 8.70. The van der Waals surface area contributed by atoms with E-state index in [0.717, 1.165) is 17.8 Å². The molecule has 0 aliphatic heterocycles. The molecule has 1 amide bonds. The SMILES string of the molecule is Cc1noc(C)c1C(=O)N[C@H](C)C12CC3CC(CC(C3)C1)C2. The number of aryl methyl sites for hydroxylation is 2. The summed E-state index contributed by atoms with van der Waals surface area (Å²) in [6.07, 6.45) is 8.23. The van der Waals surface area contributed by atoms with Gasteiger partial charge in [0.1, 0.15) is 11.3 Å². The summed E-state index contributed by atoms with van der Waals surface area (Å²) in [6, 6.07) is 0.238. The molecule has 120 valence electrons. The molecule has 0 saturated heterocycles. The van der Waals surface area contributed by atoms with Gasteiger partial charge >= 0.3 is 0 Å². The van der Waals surface area contributed by atoms with E-state index in [4.69, 9.17) is 4.52 Å². The number of nitrogens with one attached hydrogen (secondary N) is 1. The fraction of sp³-hybridized carbons (Fsp3) is 0.778. The minimum absolute atomic E-state index is 0.0144. The van der Waals surface area contributed by atoms with E-state index >= 15 is 0 Å². The highest BCUT2D eigenvalue weighted by molar-refractivity contribution is 5.96. The Kier molecular flexibility index (Phi) is 3.14. The number of amides is 1. The Morgan fingerprint density at radius 2 is 1.73 bits per heavy atom. The van der Waals surface area contributed by atoms with Crippen LogP contribution in [0, 0.1) is 37.0 Å². The van der Waals surface area contributed by atoms with Gasteiger partial charge in [-0.05, 0) is 82.5 Å². The Morgan fingerprint density at radius 1 is 1.18 bits per heavy atom. The maximum absolute atomic E-state index is 12.6. The Morgan fingerprint density at radius 3 is 2.18 bits per heavy atom. The van der Waals surface area contributed by atoms with Gasteiger partial charge in [0.05, 0.1) is 5.69 Å². The lowest BCUT2D eigenvalue weighted by Gasteiger charge is -2.59. The van der Waals surface area contributed by atoms with Crippen molar-refractivity contribution in [3.63, 3.8) is 0 Å². The molecule has 0 spiro atoms. The molecule has 0 radical (unpaired) electrons. The van der Waals surface area contributed by atoms with Crippen molar-refractivity contribution in [2.24, 2.45) is 23.2 Å². The second kappa shape index (κ2) is 4.84. The number of hydrogen-bond acceptors (Lipinski definition) is 3. The van der Waals surface area contributed by atoms with E-state index in [1.54, 1.807) is 0 Å². The summed E-state index contributed by atoms with van der Waals surface area (Å²) in [5.74, 6) is 3.33. The van der Waals surface area contributed by atoms with Gasteiger partial charge in [-0.15, -0.1) is 0 Å². The lowest BCUT2D eigenvalue weighted by molar-refractivity contribution is -0.0688. The summed E-state index contributed by atoms with van der Waals surface area (Å²) in [6.45, 7) is 5.86. The molecule has 1 aromatic rings. The van der Waals surface area contributed by atoms with Crippen molar-refractivity contribution in [2.75, 3.05) is 0 Å². The summed E-state index contributed by atoms with van der Waals surface area (Å²) in [7, 11) is 0. The van der Waals surface area contributed by atoms with E-state index in [1.165, 1.54) is 38.5 Å². The van der Waals surface area contributed by atoms with Gasteiger partial charge in [-0.25, -0.2) is 0 Å². The lowest BCUT2D eigenvalue weighted by Crippen LogP contribution is -2.55. The molecule has 4 aliphatic carbocycles. The van der Waals surface area contributed by atoms with Crippen LogP contribution in [0.25, 0.3) is 0 Å². The van der Waals surface area contributed by atoms with Crippen LogP contribution < -0.4 is 5.32 Å². The zero-order chi connectivity index (χ0) is 15.5. The highest BCUT2D eigenvalue weighted by Gasteiger charge is 2.53. The molecule has 4 aliphatic rings. The minimum atomic E-state index is -0.0144. The first-order chi connectivity index (χ1) is 10.5. The summed E-state index contributed by atoms with van der Waals surface area (Å²) < 4.78 is 5.14. The van der Waals surface area contributed by atoms with Gasteiger partial charge in [0.2, 0.25) is 0 Å². The van der Waals surface area contributed by atoms with E-state index in [0.29, 0.717) is 22.4 Å². The standard InChI is InChI=1S/C18H26N2O2/c1-10-16(11(2)22-20-10)17(21)19-12(3)18-7-13-4-14(8-18)6-15(5-13)9-18/h12-15H,4-9H2,1-3H3,(H,19,21)/t12-,13?,14?,15?,18?/m1/s1. The van der Waals surface area contributed by atoms with Gasteiger partial charge in [-0.2, -0.15) is 0 Å². The van der Waals surface area contributed by atoms with E-state index < -0.39 is 0 Å². The van der Waals surface area contributed by atoms with Gasteiger partial charge in [0.15, 0.2) is 0 Å². The van der Waals surface area contributed by atoms with E-state index in [9.17, 15) is 4.79 Å². The van der Waals surface area contributed by atoms with E-state index in [-0.39, 0.29) is 11.9 Å². The van der Waals surface area contributed by atoms with Crippen molar-refractivity contribution in [3.8, 4) is 0 Å². The van der Waals surface area contributed by atoms with Crippen molar-refractivity contribution >= 4 is 5.91 Å². The maximum Gasteiger partial charge on any atom is 0.257 e. The number of aromatic nitrogens is 1. The molecule has 4 fully saturated rings. The topological polar surface area (TPSA) is 55.1 Å². The summed E-state index contributed by atoms with van der Waals surface area (Å²) in [4.78, 5) is 12.6. The normalized spacial score (nSPS) is 37.3. The van der Waals surface area contributed by atoms with Crippen molar-refractivity contribution in [3.05, 3.63) is 17.0 Å². The third-order valence-corrected chi connectivity index (χ3v) is 6.61. The van der Waals surface area contributed by atoms with Crippen LogP contribution in [0.2, 0.25) is 0 Å². The molecule has 0 unspecified atom stereocenters. The predicted molar refractivity (Wildman–Crippen MR) is 83.5 cm³/mol. The Labute approximate surface area is 132 Å². The smallest absolute Gasteiger partial charge is 0.257 e. The molecule has 4 bridgehead atoms. The number of rotatable bonds is 3. The third kappa shape index (κ3) is 2.10. The molecule has 1 aromatic heterocycles. The monoisotopic (exact) mass is 302 g/mol. The molecule has 4 saturated carbocycles. The van der Waals surface area contributed by atoms with Gasteiger partial charge < -0.3 is 9.84 Å². The van der Waals surface area contributed by atoms with Crippen molar-refractivity contribution in [1.29, 1.82) is 0 Å². The summed E-state index contributed by atoms with van der Waals surface area (Å²) in [5.41, 5.74) is 1.65. The molecule has 1 atom stereocenters. The number of hydrogen-bond donors (Lipinski definition) is 1. The van der Waals surface area contributed by atoms with Crippen molar-refractivity contribution < 1.29 is 9.32 Å². The third-order valence-electron chi connectivity index (χ3n) is 6.61. The quantitative estimate of drug-likeness (QED) is 0.927. The van der Waals surface area contributed by atoms with Crippen LogP contribution in [0.1, 0.15) is 67.3 Å². The van der Waals surface area contributed by atoms with Crippen LogP contribution in [0.3, 0.4) is 0 Å². The average Bonchev–Trinajstić information content (AvgIpc) is 2.76. The van der Waals surface area contributed by atoms with Gasteiger partial charge in [-0.1, -0.05) is 5.16 Å². The van der Waals surface area contributed by atoms with Crippen LogP contribution in [-0.2, 0) is 0 Å². The second-order valence-electron chi connectivity index (χ2n) is 8.17. The summed E-state index contributed by atoms with van der Waals surface area (Å²) in [5, 5.41) is 7.18. The van der Waals surface area contributed by atoms with Crippen molar-refractivity contribution in [2.45, 2.75) is 65.3 Å². The first-order valence-electron chi connectivity index (χ1n) is 8.70. The fourth-order valence-corrected chi connectivity index (χ4v) is 5.94. The molecule has 1 heterocycles. The fourth-order valence-electron chi connectivity index (χ4n) is 5.94. The molecular formula is C18H26N2O2. The number of carbonyl (C=O) groups is 1. The molecule has 22 heavy (non-hydrogen) atoms. The van der Waals surface area contributed by atoms with Crippen LogP contribution in [0.15, 0.2) is 4.52 Å². The second-order valence-corrected chi connectivity index (χ2v) is 8.17. The maximum atomic E-state index is 12.6. The van der Waals surface area contributed by atoms with Gasteiger partial charge in [0, 0.05) is 6.04 Å². The highest BCUT2D eigenvalue weighted by Crippen LogP contribution is 2.61. The van der Waals surface area contributed by atoms with Crippen LogP contribution in [0.5, 0.6) is 0 Å². The highest BCUT2D eigenvalue weighted by atomic mass is 16.5. The Bertz CT molecular complexity index is 549. The minimum Gasteiger partial charge on any atom is -0.361 e. The molecule has 0 aromatic carbocycles. The Balaban J connectivity index is 1.53. The van der Waals surface area contributed by atoms with Gasteiger partial charge in [-0.3, -0.25) is 4.79 Å².